The Bertz CT molecular complexity index is 562. The Labute approximate surface area is 102 Å². The summed E-state index contributed by atoms with van der Waals surface area (Å²) in [5.74, 6) is 0.875. The van der Waals surface area contributed by atoms with E-state index < -0.39 is 0 Å². The summed E-state index contributed by atoms with van der Waals surface area (Å²) in [5, 5.41) is 1.24. The van der Waals surface area contributed by atoms with Crippen LogP contribution in [0.25, 0.3) is 10.9 Å². The third-order valence-corrected chi connectivity index (χ3v) is 3.27. The second kappa shape index (κ2) is 3.77. The highest BCUT2D eigenvalue weighted by molar-refractivity contribution is 5.86. The first kappa shape index (κ1) is 12.0. The van der Waals surface area contributed by atoms with Crippen molar-refractivity contribution >= 4 is 10.9 Å². The number of benzene rings is 1. The zero-order valence-electron chi connectivity index (χ0n) is 11.2. The van der Waals surface area contributed by atoms with Gasteiger partial charge >= 0.3 is 0 Å². The van der Waals surface area contributed by atoms with E-state index in [2.05, 4.69) is 30.7 Å². The summed E-state index contributed by atoms with van der Waals surface area (Å²) >= 11 is 0. The van der Waals surface area contributed by atoms with Crippen molar-refractivity contribution in [3.05, 3.63) is 29.5 Å². The first-order chi connectivity index (χ1) is 7.86. The Kier molecular flexibility index (Phi) is 2.66. The van der Waals surface area contributed by atoms with E-state index in [0.717, 1.165) is 11.3 Å². The zero-order chi connectivity index (χ0) is 12.8. The molecule has 0 atom stereocenters. The molecular formula is C14H20N2O. The molecule has 0 amide bonds. The topological polar surface area (TPSA) is 40.2 Å². The maximum Gasteiger partial charge on any atom is 0.120 e. The molecule has 17 heavy (non-hydrogen) atoms. The van der Waals surface area contributed by atoms with Crippen LogP contribution >= 0.6 is 0 Å². The Morgan fingerprint density at radius 1 is 1.29 bits per heavy atom. The Hall–Kier alpha value is -1.48. The average molecular weight is 232 g/mol. The number of nitrogens with zero attached hydrogens (tertiary/aromatic N) is 1. The van der Waals surface area contributed by atoms with E-state index in [4.69, 9.17) is 10.5 Å². The molecule has 1 heterocycles. The monoisotopic (exact) mass is 232 g/mol. The zero-order valence-corrected chi connectivity index (χ0v) is 11.2. The maximum absolute atomic E-state index is 6.24. The van der Waals surface area contributed by atoms with E-state index in [1.165, 1.54) is 16.6 Å². The quantitative estimate of drug-likeness (QED) is 0.864. The van der Waals surface area contributed by atoms with Gasteiger partial charge in [-0.25, -0.2) is 0 Å². The van der Waals surface area contributed by atoms with Gasteiger partial charge in [0.05, 0.1) is 18.2 Å². The van der Waals surface area contributed by atoms with Gasteiger partial charge in [-0.15, -0.1) is 0 Å². The molecule has 0 radical (unpaired) electrons. The van der Waals surface area contributed by atoms with E-state index in [-0.39, 0.29) is 5.54 Å². The molecule has 0 unspecified atom stereocenters. The fourth-order valence-corrected chi connectivity index (χ4v) is 2.65. The molecule has 92 valence electrons. The second-order valence-electron chi connectivity index (χ2n) is 5.14. The van der Waals surface area contributed by atoms with Crippen molar-refractivity contribution in [2.75, 3.05) is 7.11 Å². The fourth-order valence-electron chi connectivity index (χ4n) is 2.65. The molecule has 1 aromatic carbocycles. The number of aromatic nitrogens is 1. The number of hydrogen-bond acceptors (Lipinski definition) is 2. The summed E-state index contributed by atoms with van der Waals surface area (Å²) in [6, 6.07) is 6.14. The third kappa shape index (κ3) is 1.80. The summed E-state index contributed by atoms with van der Waals surface area (Å²) < 4.78 is 7.43. The van der Waals surface area contributed by atoms with Crippen LogP contribution in [0.2, 0.25) is 0 Å². The van der Waals surface area contributed by atoms with Crippen molar-refractivity contribution in [2.24, 2.45) is 12.8 Å². The standard InChI is InChI=1S/C14H20N2O/c1-9-11-7-6-10(17-5)8-12(11)16(4)13(9)14(2,3)15/h6-8H,15H2,1-5H3. The van der Waals surface area contributed by atoms with Crippen LogP contribution in [0.1, 0.15) is 25.1 Å². The van der Waals surface area contributed by atoms with Crippen LogP contribution in [0.4, 0.5) is 0 Å². The van der Waals surface area contributed by atoms with Crippen molar-refractivity contribution < 1.29 is 4.74 Å². The molecule has 1 aromatic heterocycles. The summed E-state index contributed by atoms with van der Waals surface area (Å²) in [4.78, 5) is 0. The molecule has 0 aliphatic rings. The second-order valence-corrected chi connectivity index (χ2v) is 5.14. The maximum atomic E-state index is 6.24. The van der Waals surface area contributed by atoms with Crippen LogP contribution in [0, 0.1) is 6.92 Å². The van der Waals surface area contributed by atoms with E-state index in [0.29, 0.717) is 0 Å². The number of aryl methyl sites for hydroxylation is 2. The minimum Gasteiger partial charge on any atom is -0.497 e. The van der Waals surface area contributed by atoms with Gasteiger partial charge in [0.1, 0.15) is 5.75 Å². The Balaban J connectivity index is 2.81. The number of nitrogens with two attached hydrogens (primary N) is 1. The largest absolute Gasteiger partial charge is 0.497 e. The third-order valence-electron chi connectivity index (χ3n) is 3.27. The molecule has 0 fully saturated rings. The predicted octanol–water partition coefficient (Wildman–Crippen LogP) is 2.69. The molecule has 3 nitrogen and oxygen atoms in total. The SMILES string of the molecule is COc1ccc2c(C)c(C(C)(C)N)n(C)c2c1. The van der Waals surface area contributed by atoms with E-state index in [1.54, 1.807) is 7.11 Å². The Morgan fingerprint density at radius 3 is 2.47 bits per heavy atom. The molecule has 2 rings (SSSR count). The first-order valence-corrected chi connectivity index (χ1v) is 5.78. The van der Waals surface area contributed by atoms with E-state index in [9.17, 15) is 0 Å². The lowest BCUT2D eigenvalue weighted by Crippen LogP contribution is -2.31. The number of rotatable bonds is 2. The van der Waals surface area contributed by atoms with Crippen LogP contribution in [-0.4, -0.2) is 11.7 Å². The van der Waals surface area contributed by atoms with Crippen molar-refractivity contribution in [1.82, 2.24) is 4.57 Å². The molecule has 0 aliphatic heterocycles. The van der Waals surface area contributed by atoms with Crippen LogP contribution < -0.4 is 10.5 Å². The van der Waals surface area contributed by atoms with Gasteiger partial charge in [0.25, 0.3) is 0 Å². The molecule has 2 N–H and O–H groups in total. The van der Waals surface area contributed by atoms with Gasteiger partial charge in [-0.05, 0) is 38.5 Å². The smallest absolute Gasteiger partial charge is 0.120 e. The number of ether oxygens (including phenoxy) is 1. The lowest BCUT2D eigenvalue weighted by atomic mass is 9.98. The summed E-state index contributed by atoms with van der Waals surface area (Å²) in [6.07, 6.45) is 0. The van der Waals surface area contributed by atoms with Crippen LogP contribution in [0.3, 0.4) is 0 Å². The van der Waals surface area contributed by atoms with E-state index >= 15 is 0 Å². The molecule has 0 spiro atoms. The van der Waals surface area contributed by atoms with Crippen LogP contribution in [-0.2, 0) is 12.6 Å². The summed E-state index contributed by atoms with van der Waals surface area (Å²) in [7, 11) is 3.74. The number of fused-ring (bicyclic) bond motifs is 1. The molecule has 3 heteroatoms. The average Bonchev–Trinajstić information content (AvgIpc) is 2.50. The minimum absolute atomic E-state index is 0.342. The van der Waals surface area contributed by atoms with Crippen LogP contribution in [0.5, 0.6) is 5.75 Å². The predicted molar refractivity (Wildman–Crippen MR) is 71.4 cm³/mol. The van der Waals surface area contributed by atoms with Gasteiger partial charge in [0.2, 0.25) is 0 Å². The lowest BCUT2D eigenvalue weighted by Gasteiger charge is -2.21. The fraction of sp³-hybridized carbons (Fsp3) is 0.429. The van der Waals surface area contributed by atoms with Gasteiger partial charge in [0.15, 0.2) is 0 Å². The number of hydrogen-bond donors (Lipinski definition) is 1. The molecule has 0 saturated carbocycles. The molecular weight excluding hydrogens is 212 g/mol. The van der Waals surface area contributed by atoms with Gasteiger partial charge in [-0.2, -0.15) is 0 Å². The highest BCUT2D eigenvalue weighted by Crippen LogP contribution is 2.32. The Morgan fingerprint density at radius 2 is 1.94 bits per heavy atom. The molecule has 0 bridgehead atoms. The summed E-state index contributed by atoms with van der Waals surface area (Å²) in [6.45, 7) is 6.19. The minimum atomic E-state index is -0.342. The molecule has 2 aromatic rings. The van der Waals surface area contributed by atoms with Crippen molar-refractivity contribution in [1.29, 1.82) is 0 Å². The van der Waals surface area contributed by atoms with Crippen LogP contribution in [0.15, 0.2) is 18.2 Å². The number of methoxy groups -OCH3 is 1. The van der Waals surface area contributed by atoms with Gasteiger partial charge in [0, 0.05) is 24.2 Å². The van der Waals surface area contributed by atoms with Gasteiger partial charge < -0.3 is 15.0 Å². The first-order valence-electron chi connectivity index (χ1n) is 5.78. The van der Waals surface area contributed by atoms with Crippen molar-refractivity contribution in [3.8, 4) is 5.75 Å². The van der Waals surface area contributed by atoms with Crippen molar-refractivity contribution in [3.63, 3.8) is 0 Å². The lowest BCUT2D eigenvalue weighted by molar-refractivity contribution is 0.415. The highest BCUT2D eigenvalue weighted by atomic mass is 16.5. The van der Waals surface area contributed by atoms with Gasteiger partial charge in [-0.3, -0.25) is 0 Å². The highest BCUT2D eigenvalue weighted by Gasteiger charge is 2.23. The van der Waals surface area contributed by atoms with Gasteiger partial charge in [-0.1, -0.05) is 0 Å². The summed E-state index contributed by atoms with van der Waals surface area (Å²) in [5.41, 5.74) is 9.48. The molecule has 0 aliphatic carbocycles. The van der Waals surface area contributed by atoms with Crippen molar-refractivity contribution in [2.45, 2.75) is 26.3 Å². The van der Waals surface area contributed by atoms with E-state index in [1.807, 2.05) is 19.9 Å². The molecule has 0 saturated heterocycles. The normalized spacial score (nSPS) is 12.1.